The average Bonchev–Trinajstić information content (AvgIpc) is 3.30. The summed E-state index contributed by atoms with van der Waals surface area (Å²) in [6.45, 7) is 0. The van der Waals surface area contributed by atoms with Crippen molar-refractivity contribution in [2.75, 3.05) is 5.75 Å². The number of benzene rings is 2. The summed E-state index contributed by atoms with van der Waals surface area (Å²) in [6, 6.07) is 15.6. The molecule has 2 aromatic heterocycles. The zero-order valence-corrected chi connectivity index (χ0v) is 18.2. The van der Waals surface area contributed by atoms with Crippen molar-refractivity contribution in [1.29, 1.82) is 0 Å². The van der Waals surface area contributed by atoms with Crippen LogP contribution in [0.4, 0.5) is 0 Å². The van der Waals surface area contributed by atoms with Crippen LogP contribution >= 0.6 is 50.6 Å². The van der Waals surface area contributed by atoms with Gasteiger partial charge in [-0.05, 0) is 29.8 Å². The zero-order chi connectivity index (χ0) is 19.5. The summed E-state index contributed by atoms with van der Waals surface area (Å²) < 4.78 is 7.72. The van der Waals surface area contributed by atoms with Gasteiger partial charge in [-0.25, -0.2) is 0 Å². The lowest BCUT2D eigenvalue weighted by atomic mass is 10.2. The van der Waals surface area contributed by atoms with E-state index in [0.29, 0.717) is 16.1 Å². The number of nitrogens with zero attached hydrogens (tertiary/aromatic N) is 2. The normalized spacial score (nSPS) is 11.5. The van der Waals surface area contributed by atoms with Crippen molar-refractivity contribution in [1.82, 2.24) is 10.2 Å². The number of hydrogen-bond donors (Lipinski definition) is 0. The molecular weight excluding hydrogens is 480 g/mol. The Hall–Kier alpha value is -1.93. The molecule has 0 N–H and O–H groups in total. The number of thiophene rings is 1. The molecule has 2 aromatic carbocycles. The molecule has 0 spiro atoms. The number of aromatic nitrogens is 2. The minimum atomic E-state index is -0.0374. The highest BCUT2D eigenvalue weighted by Crippen LogP contribution is 2.41. The van der Waals surface area contributed by atoms with E-state index in [2.05, 4.69) is 26.1 Å². The number of hydrogen-bond acceptors (Lipinski definition) is 6. The highest BCUT2D eigenvalue weighted by molar-refractivity contribution is 9.10. The number of rotatable bonds is 6. The van der Waals surface area contributed by atoms with Gasteiger partial charge >= 0.3 is 0 Å². The first-order valence-corrected chi connectivity index (χ1v) is 11.2. The van der Waals surface area contributed by atoms with Crippen molar-refractivity contribution >= 4 is 72.6 Å². The molecule has 28 heavy (non-hydrogen) atoms. The molecule has 0 aliphatic heterocycles. The van der Waals surface area contributed by atoms with Gasteiger partial charge in [-0.1, -0.05) is 75.7 Å². The second-order valence-corrected chi connectivity index (χ2v) is 9.03. The molecule has 4 aromatic rings. The molecule has 0 aliphatic rings. The van der Waals surface area contributed by atoms with Crippen molar-refractivity contribution in [3.63, 3.8) is 0 Å². The van der Waals surface area contributed by atoms with Gasteiger partial charge in [-0.3, -0.25) is 4.79 Å². The number of carbonyl (C=O) groups is 1. The molecule has 0 amide bonds. The van der Waals surface area contributed by atoms with Gasteiger partial charge in [0.1, 0.15) is 4.88 Å². The van der Waals surface area contributed by atoms with E-state index in [4.69, 9.17) is 16.0 Å². The van der Waals surface area contributed by atoms with Crippen LogP contribution < -0.4 is 0 Å². The molecule has 0 saturated carbocycles. The van der Waals surface area contributed by atoms with Crippen molar-refractivity contribution in [3.8, 4) is 10.8 Å². The Morgan fingerprint density at radius 3 is 2.89 bits per heavy atom. The van der Waals surface area contributed by atoms with Crippen LogP contribution in [0.1, 0.15) is 5.56 Å². The maximum Gasteiger partial charge on any atom is 0.277 e. The Morgan fingerprint density at radius 1 is 1.21 bits per heavy atom. The molecule has 4 nitrogen and oxygen atoms in total. The molecule has 140 valence electrons. The summed E-state index contributed by atoms with van der Waals surface area (Å²) in [5.74, 6) is 0.544. The van der Waals surface area contributed by atoms with E-state index < -0.39 is 0 Å². The lowest BCUT2D eigenvalue weighted by molar-refractivity contribution is -0.112. The van der Waals surface area contributed by atoms with Crippen molar-refractivity contribution in [3.05, 3.63) is 69.7 Å². The maximum absolute atomic E-state index is 12.1. The Morgan fingerprint density at radius 2 is 2.07 bits per heavy atom. The number of fused-ring (bicyclic) bond motifs is 1. The quantitative estimate of drug-likeness (QED) is 0.221. The van der Waals surface area contributed by atoms with Gasteiger partial charge < -0.3 is 4.42 Å². The van der Waals surface area contributed by atoms with Crippen molar-refractivity contribution in [2.24, 2.45) is 0 Å². The monoisotopic (exact) mass is 490 g/mol. The van der Waals surface area contributed by atoms with E-state index in [1.807, 2.05) is 48.5 Å². The predicted molar refractivity (Wildman–Crippen MR) is 119 cm³/mol. The van der Waals surface area contributed by atoms with Crippen LogP contribution in [0.5, 0.6) is 0 Å². The van der Waals surface area contributed by atoms with E-state index in [0.717, 1.165) is 25.0 Å². The van der Waals surface area contributed by atoms with E-state index in [9.17, 15) is 4.79 Å². The second kappa shape index (κ2) is 8.61. The highest BCUT2D eigenvalue weighted by atomic mass is 79.9. The van der Waals surface area contributed by atoms with Crippen LogP contribution in [0.3, 0.4) is 0 Å². The van der Waals surface area contributed by atoms with Crippen LogP contribution in [0, 0.1) is 0 Å². The molecule has 0 radical (unpaired) electrons. The molecule has 0 fully saturated rings. The SMILES string of the molecule is O=C(/C=C/c1cccc(Br)c1)CSc1nnc(-c2sc3ccccc3c2Cl)o1. The fourth-order valence-electron chi connectivity index (χ4n) is 2.49. The van der Waals surface area contributed by atoms with Gasteiger partial charge in [-0.2, -0.15) is 0 Å². The second-order valence-electron chi connectivity index (χ2n) is 5.76. The fraction of sp³-hybridized carbons (Fsp3) is 0.0500. The lowest BCUT2D eigenvalue weighted by Crippen LogP contribution is -1.95. The first-order chi connectivity index (χ1) is 13.6. The largest absolute Gasteiger partial charge is 0.410 e. The highest BCUT2D eigenvalue weighted by Gasteiger charge is 2.18. The Balaban J connectivity index is 1.42. The van der Waals surface area contributed by atoms with E-state index in [1.165, 1.54) is 23.1 Å². The first-order valence-electron chi connectivity index (χ1n) is 8.20. The summed E-state index contributed by atoms with van der Waals surface area (Å²) in [7, 11) is 0. The molecule has 4 rings (SSSR count). The average molecular weight is 492 g/mol. The van der Waals surface area contributed by atoms with E-state index in [1.54, 1.807) is 12.2 Å². The topological polar surface area (TPSA) is 56.0 Å². The van der Waals surface area contributed by atoms with E-state index >= 15 is 0 Å². The summed E-state index contributed by atoms with van der Waals surface area (Å²) in [5.41, 5.74) is 0.951. The molecule has 8 heteroatoms. The molecule has 2 heterocycles. The third-order valence-corrected chi connectivity index (χ3v) is 6.78. The summed E-state index contributed by atoms with van der Waals surface area (Å²) in [4.78, 5) is 12.8. The van der Waals surface area contributed by atoms with Crippen LogP contribution in [-0.4, -0.2) is 21.7 Å². The third-order valence-electron chi connectivity index (χ3n) is 3.78. The first kappa shape index (κ1) is 19.4. The molecular formula is C20H12BrClN2O2S2. The molecule has 0 atom stereocenters. The number of carbonyl (C=O) groups excluding carboxylic acids is 1. The van der Waals surface area contributed by atoms with Crippen molar-refractivity contribution in [2.45, 2.75) is 5.22 Å². The Labute approximate surface area is 182 Å². The third kappa shape index (κ3) is 4.38. The minimum absolute atomic E-state index is 0.0374. The maximum atomic E-state index is 12.1. The summed E-state index contributed by atoms with van der Waals surface area (Å²) in [6.07, 6.45) is 3.33. The van der Waals surface area contributed by atoms with Crippen LogP contribution in [-0.2, 0) is 4.79 Å². The number of halogens is 2. The van der Waals surface area contributed by atoms with Gasteiger partial charge in [-0.15, -0.1) is 21.5 Å². The smallest absolute Gasteiger partial charge is 0.277 e. The standard InChI is InChI=1S/C20H12BrClN2O2S2/c21-13-5-3-4-12(10-13)8-9-14(25)11-27-20-24-23-19(26-20)18-17(22)15-6-1-2-7-16(15)28-18/h1-10H,11H2/b9-8+. The summed E-state index contributed by atoms with van der Waals surface area (Å²) >= 11 is 12.6. The molecule has 0 saturated heterocycles. The summed E-state index contributed by atoms with van der Waals surface area (Å²) in [5, 5.41) is 10.0. The number of thioether (sulfide) groups is 1. The van der Waals surface area contributed by atoms with Crippen molar-refractivity contribution < 1.29 is 9.21 Å². The van der Waals surface area contributed by atoms with Crippen LogP contribution in [0.25, 0.3) is 26.9 Å². The van der Waals surface area contributed by atoms with Gasteiger partial charge in [0.25, 0.3) is 11.1 Å². The Kier molecular flexibility index (Phi) is 5.96. The molecule has 0 unspecified atom stereocenters. The minimum Gasteiger partial charge on any atom is -0.410 e. The van der Waals surface area contributed by atoms with Gasteiger partial charge in [0.15, 0.2) is 5.78 Å². The molecule has 0 bridgehead atoms. The van der Waals surface area contributed by atoms with Crippen LogP contribution in [0.15, 0.2) is 68.7 Å². The fourth-order valence-corrected chi connectivity index (χ4v) is 4.94. The number of allylic oxidation sites excluding steroid dienone is 1. The lowest BCUT2D eigenvalue weighted by Gasteiger charge is -1.95. The van der Waals surface area contributed by atoms with Gasteiger partial charge in [0, 0.05) is 14.6 Å². The number of ketones is 1. The van der Waals surface area contributed by atoms with Gasteiger partial charge in [0.05, 0.1) is 10.8 Å². The zero-order valence-electron chi connectivity index (χ0n) is 14.3. The Bertz CT molecular complexity index is 1190. The van der Waals surface area contributed by atoms with E-state index in [-0.39, 0.29) is 11.5 Å². The van der Waals surface area contributed by atoms with Gasteiger partial charge in [0.2, 0.25) is 0 Å². The predicted octanol–water partition coefficient (Wildman–Crippen LogP) is 6.74. The van der Waals surface area contributed by atoms with Crippen LogP contribution in [0.2, 0.25) is 5.02 Å². The molecule has 0 aliphatic carbocycles.